The monoisotopic (exact) mass is 534 g/mol. The van der Waals surface area contributed by atoms with Gasteiger partial charge in [-0.3, -0.25) is 10.1 Å². The number of benzene rings is 3. The van der Waals surface area contributed by atoms with E-state index in [9.17, 15) is 4.79 Å². The predicted molar refractivity (Wildman–Crippen MR) is 144 cm³/mol. The minimum Gasteiger partial charge on any atom is -0.484 e. The second-order valence-corrected chi connectivity index (χ2v) is 10.5. The lowest BCUT2D eigenvalue weighted by Gasteiger charge is -2.26. The quantitative estimate of drug-likeness (QED) is 0.255. The van der Waals surface area contributed by atoms with Gasteiger partial charge in [0.2, 0.25) is 0 Å². The Morgan fingerprint density at radius 2 is 1.62 bits per heavy atom. The number of carbonyl (C=O) groups excluding carboxylic acids is 1. The summed E-state index contributed by atoms with van der Waals surface area (Å²) >= 11 is 4.96. The van der Waals surface area contributed by atoms with Crippen molar-refractivity contribution in [3.05, 3.63) is 99.3 Å². The Balaban J connectivity index is 1.37. The van der Waals surface area contributed by atoms with Crippen LogP contribution in [-0.4, -0.2) is 17.5 Å². The van der Waals surface area contributed by atoms with E-state index < -0.39 is 0 Å². The SMILES string of the molecule is CCc1sc(NC(=O)COc2ccc(C(C)(C)c3ccccc3)cc2)nc1-c1ccc(Br)cc1. The van der Waals surface area contributed by atoms with Gasteiger partial charge in [0.25, 0.3) is 5.91 Å². The fourth-order valence-electron chi connectivity index (χ4n) is 3.77. The van der Waals surface area contributed by atoms with Gasteiger partial charge in [-0.05, 0) is 41.8 Å². The fourth-order valence-corrected chi connectivity index (χ4v) is 4.98. The first-order chi connectivity index (χ1) is 16.4. The Kier molecular flexibility index (Phi) is 7.49. The first-order valence-corrected chi connectivity index (χ1v) is 12.8. The molecule has 1 heterocycles. The molecule has 0 saturated heterocycles. The summed E-state index contributed by atoms with van der Waals surface area (Å²) in [6.07, 6.45) is 0.848. The molecule has 0 aliphatic heterocycles. The van der Waals surface area contributed by atoms with Crippen LogP contribution < -0.4 is 10.1 Å². The molecule has 3 aromatic carbocycles. The van der Waals surface area contributed by atoms with Gasteiger partial charge in [0.1, 0.15) is 5.75 Å². The van der Waals surface area contributed by atoms with Gasteiger partial charge in [-0.25, -0.2) is 4.98 Å². The van der Waals surface area contributed by atoms with Gasteiger partial charge in [-0.2, -0.15) is 0 Å². The maximum absolute atomic E-state index is 12.5. The van der Waals surface area contributed by atoms with Crippen molar-refractivity contribution in [2.75, 3.05) is 11.9 Å². The van der Waals surface area contributed by atoms with E-state index in [0.29, 0.717) is 10.9 Å². The highest BCUT2D eigenvalue weighted by Gasteiger charge is 2.22. The minimum atomic E-state index is -0.229. The minimum absolute atomic E-state index is 0.0733. The lowest BCUT2D eigenvalue weighted by molar-refractivity contribution is -0.118. The first-order valence-electron chi connectivity index (χ1n) is 11.2. The number of nitrogens with one attached hydrogen (secondary N) is 1. The number of aryl methyl sites for hydroxylation is 1. The van der Waals surface area contributed by atoms with E-state index in [2.05, 4.69) is 83.4 Å². The average Bonchev–Trinajstić information content (AvgIpc) is 3.26. The summed E-state index contributed by atoms with van der Waals surface area (Å²) in [7, 11) is 0. The summed E-state index contributed by atoms with van der Waals surface area (Å²) in [4.78, 5) is 18.3. The third-order valence-electron chi connectivity index (χ3n) is 5.82. The molecule has 0 saturated carbocycles. The lowest BCUT2D eigenvalue weighted by atomic mass is 9.78. The van der Waals surface area contributed by atoms with E-state index >= 15 is 0 Å². The van der Waals surface area contributed by atoms with E-state index in [4.69, 9.17) is 4.74 Å². The van der Waals surface area contributed by atoms with Crippen LogP contribution in [0.1, 0.15) is 36.8 Å². The highest BCUT2D eigenvalue weighted by atomic mass is 79.9. The summed E-state index contributed by atoms with van der Waals surface area (Å²) in [5.41, 5.74) is 4.26. The van der Waals surface area contributed by atoms with Gasteiger partial charge in [0, 0.05) is 20.3 Å². The van der Waals surface area contributed by atoms with Crippen molar-refractivity contribution in [3.63, 3.8) is 0 Å². The smallest absolute Gasteiger partial charge is 0.264 e. The van der Waals surface area contributed by atoms with Crippen LogP contribution >= 0.6 is 27.3 Å². The normalized spacial score (nSPS) is 11.3. The number of thiazole rings is 1. The zero-order valence-corrected chi connectivity index (χ0v) is 21.9. The molecular formula is C28H27BrN2O2S. The van der Waals surface area contributed by atoms with Gasteiger partial charge >= 0.3 is 0 Å². The van der Waals surface area contributed by atoms with Crippen LogP contribution in [0, 0.1) is 0 Å². The summed E-state index contributed by atoms with van der Waals surface area (Å²) in [6.45, 7) is 6.42. The van der Waals surface area contributed by atoms with E-state index in [1.54, 1.807) is 0 Å². The van der Waals surface area contributed by atoms with Crippen molar-refractivity contribution >= 4 is 38.3 Å². The van der Waals surface area contributed by atoms with Crippen LogP contribution in [0.2, 0.25) is 0 Å². The molecule has 0 spiro atoms. The Hall–Kier alpha value is -2.96. The van der Waals surface area contributed by atoms with Gasteiger partial charge in [0.15, 0.2) is 11.7 Å². The molecule has 4 aromatic rings. The summed E-state index contributed by atoms with van der Waals surface area (Å²) in [6, 6.07) is 26.4. The average molecular weight is 536 g/mol. The van der Waals surface area contributed by atoms with Crippen molar-refractivity contribution in [3.8, 4) is 17.0 Å². The number of carbonyl (C=O) groups is 1. The van der Waals surface area contributed by atoms with Crippen LogP contribution in [0.3, 0.4) is 0 Å². The molecule has 0 radical (unpaired) electrons. The van der Waals surface area contributed by atoms with Crippen molar-refractivity contribution < 1.29 is 9.53 Å². The van der Waals surface area contributed by atoms with Crippen molar-refractivity contribution in [1.82, 2.24) is 4.98 Å². The first kappa shape index (κ1) is 24.2. The molecule has 6 heteroatoms. The Morgan fingerprint density at radius 3 is 2.26 bits per heavy atom. The van der Waals surface area contributed by atoms with Gasteiger partial charge < -0.3 is 4.74 Å². The molecule has 0 aliphatic carbocycles. The number of nitrogens with zero attached hydrogens (tertiary/aromatic N) is 1. The highest BCUT2D eigenvalue weighted by Crippen LogP contribution is 2.33. The van der Waals surface area contributed by atoms with E-state index in [1.165, 1.54) is 22.5 Å². The molecule has 0 atom stereocenters. The number of hydrogen-bond acceptors (Lipinski definition) is 4. The largest absolute Gasteiger partial charge is 0.484 e. The molecule has 1 aromatic heterocycles. The van der Waals surface area contributed by atoms with E-state index in [0.717, 1.165) is 27.0 Å². The zero-order chi connectivity index (χ0) is 24.1. The molecule has 4 rings (SSSR count). The maximum Gasteiger partial charge on any atom is 0.264 e. The molecule has 0 unspecified atom stereocenters. The van der Waals surface area contributed by atoms with Crippen LogP contribution in [0.4, 0.5) is 5.13 Å². The number of rotatable bonds is 8. The number of amides is 1. The molecule has 174 valence electrons. The molecule has 1 N–H and O–H groups in total. The Labute approximate surface area is 213 Å². The Bertz CT molecular complexity index is 1250. The van der Waals surface area contributed by atoms with Crippen molar-refractivity contribution in [1.29, 1.82) is 0 Å². The van der Waals surface area contributed by atoms with Gasteiger partial charge in [-0.1, -0.05) is 91.3 Å². The van der Waals surface area contributed by atoms with Gasteiger partial charge in [-0.15, -0.1) is 11.3 Å². The zero-order valence-electron chi connectivity index (χ0n) is 19.5. The van der Waals surface area contributed by atoms with Gasteiger partial charge in [0.05, 0.1) is 5.69 Å². The number of aromatic nitrogens is 1. The molecule has 0 fully saturated rings. The molecular weight excluding hydrogens is 508 g/mol. The molecule has 0 bridgehead atoms. The Morgan fingerprint density at radius 1 is 0.971 bits per heavy atom. The van der Waals surface area contributed by atoms with Crippen molar-refractivity contribution in [2.45, 2.75) is 32.6 Å². The molecule has 34 heavy (non-hydrogen) atoms. The molecule has 4 nitrogen and oxygen atoms in total. The van der Waals surface area contributed by atoms with Crippen LogP contribution in [0.25, 0.3) is 11.3 Å². The third-order valence-corrected chi connectivity index (χ3v) is 7.47. The van der Waals surface area contributed by atoms with Crippen LogP contribution in [0.15, 0.2) is 83.3 Å². The summed E-state index contributed by atoms with van der Waals surface area (Å²) in [5.74, 6) is 0.430. The summed E-state index contributed by atoms with van der Waals surface area (Å²) < 4.78 is 6.75. The number of halogens is 1. The third kappa shape index (κ3) is 5.57. The van der Waals surface area contributed by atoms with Crippen LogP contribution in [-0.2, 0) is 16.6 Å². The van der Waals surface area contributed by atoms with Crippen molar-refractivity contribution in [2.24, 2.45) is 0 Å². The topological polar surface area (TPSA) is 51.2 Å². The fraction of sp³-hybridized carbons (Fsp3) is 0.214. The summed E-state index contributed by atoms with van der Waals surface area (Å²) in [5, 5.41) is 3.47. The number of ether oxygens (including phenoxy) is 1. The number of hydrogen-bond donors (Lipinski definition) is 1. The highest BCUT2D eigenvalue weighted by molar-refractivity contribution is 9.10. The lowest BCUT2D eigenvalue weighted by Crippen LogP contribution is -2.20. The second-order valence-electron chi connectivity index (χ2n) is 8.50. The molecule has 0 aliphatic rings. The van der Waals surface area contributed by atoms with E-state index in [-0.39, 0.29) is 17.9 Å². The number of anilines is 1. The molecule has 1 amide bonds. The second kappa shape index (κ2) is 10.5. The predicted octanol–water partition coefficient (Wildman–Crippen LogP) is 7.48. The van der Waals surface area contributed by atoms with E-state index in [1.807, 2.05) is 42.5 Å². The van der Waals surface area contributed by atoms with Crippen LogP contribution in [0.5, 0.6) is 5.75 Å². The standard InChI is InChI=1S/C28H27BrN2O2S/c1-4-24-26(19-10-14-22(29)15-11-19)31-27(34-24)30-25(32)18-33-23-16-12-21(13-17-23)28(2,3)20-8-6-5-7-9-20/h5-17H,4,18H2,1-3H3,(H,30,31,32). The maximum atomic E-state index is 12.5.